The third kappa shape index (κ3) is 4.18. The van der Waals surface area contributed by atoms with Crippen LogP contribution in [0.1, 0.15) is 24.3 Å². The lowest BCUT2D eigenvalue weighted by Crippen LogP contribution is -2.35. The number of nitrogens with zero attached hydrogens (tertiary/aromatic N) is 1. The van der Waals surface area contributed by atoms with Gasteiger partial charge < -0.3 is 19.7 Å². The Morgan fingerprint density at radius 2 is 2.30 bits per heavy atom. The second-order valence-corrected chi connectivity index (χ2v) is 5.95. The van der Waals surface area contributed by atoms with Crippen LogP contribution in [0.2, 0.25) is 0 Å². The number of aromatic nitrogens is 2. The Labute approximate surface area is 144 Å². The number of aromatic amines is 1. The van der Waals surface area contributed by atoms with Crippen LogP contribution in [0.25, 0.3) is 0 Å². The number of aliphatic hydroxyl groups excluding tert-OH is 2. The molecule has 0 aliphatic carbocycles. The van der Waals surface area contributed by atoms with Gasteiger partial charge in [0.2, 0.25) is 0 Å². The van der Waals surface area contributed by atoms with Crippen molar-refractivity contribution in [1.82, 2.24) is 9.55 Å². The summed E-state index contributed by atoms with van der Waals surface area (Å²) in [5.74, 6) is 0. The van der Waals surface area contributed by atoms with Gasteiger partial charge in [0.1, 0.15) is 19.0 Å². The van der Waals surface area contributed by atoms with Gasteiger partial charge in [-0.2, -0.15) is 0 Å². The Morgan fingerprint density at radius 3 is 2.87 bits per heavy atom. The SMILES string of the molecule is O=c1[nH]c(=O)n([C@H]2C[C@H](O)[C@@H](CO)O2)cc1C(CI)OCCF. The molecular formula is C13H18FIN2O6. The third-order valence-corrected chi connectivity index (χ3v) is 4.37. The minimum atomic E-state index is -0.907. The molecule has 2 rings (SSSR count). The smallest absolute Gasteiger partial charge is 0.330 e. The van der Waals surface area contributed by atoms with Gasteiger partial charge in [0.05, 0.1) is 31.0 Å². The summed E-state index contributed by atoms with van der Waals surface area (Å²) in [6, 6.07) is 0. The van der Waals surface area contributed by atoms with E-state index in [-0.39, 0.29) is 25.2 Å². The van der Waals surface area contributed by atoms with E-state index < -0.39 is 42.5 Å². The topological polar surface area (TPSA) is 114 Å². The number of alkyl halides is 2. The molecule has 0 saturated carbocycles. The van der Waals surface area contributed by atoms with Crippen LogP contribution in [-0.4, -0.2) is 56.3 Å². The maximum Gasteiger partial charge on any atom is 0.330 e. The molecule has 0 radical (unpaired) electrons. The Hall–Kier alpha value is -0.820. The number of ether oxygens (including phenoxy) is 2. The molecule has 130 valence electrons. The van der Waals surface area contributed by atoms with Gasteiger partial charge in [-0.1, -0.05) is 22.6 Å². The zero-order valence-electron chi connectivity index (χ0n) is 12.2. The lowest BCUT2D eigenvalue weighted by molar-refractivity contribution is -0.0462. The highest BCUT2D eigenvalue weighted by Gasteiger charge is 2.35. The van der Waals surface area contributed by atoms with Crippen LogP contribution in [0.3, 0.4) is 0 Å². The van der Waals surface area contributed by atoms with Gasteiger partial charge in [0, 0.05) is 17.0 Å². The molecule has 1 fully saturated rings. The number of halogens is 2. The molecule has 2 heterocycles. The van der Waals surface area contributed by atoms with Gasteiger partial charge in [-0.05, 0) is 0 Å². The largest absolute Gasteiger partial charge is 0.394 e. The Bertz CT molecular complexity index is 636. The van der Waals surface area contributed by atoms with E-state index in [0.717, 1.165) is 4.57 Å². The summed E-state index contributed by atoms with van der Waals surface area (Å²) in [4.78, 5) is 26.1. The molecule has 3 N–H and O–H groups in total. The van der Waals surface area contributed by atoms with Crippen LogP contribution >= 0.6 is 22.6 Å². The highest BCUT2D eigenvalue weighted by atomic mass is 127. The maximum atomic E-state index is 12.3. The quantitative estimate of drug-likeness (QED) is 0.391. The fourth-order valence-electron chi connectivity index (χ4n) is 2.40. The lowest BCUT2D eigenvalue weighted by atomic mass is 10.2. The third-order valence-electron chi connectivity index (χ3n) is 3.57. The fraction of sp³-hybridized carbons (Fsp3) is 0.692. The summed E-state index contributed by atoms with van der Waals surface area (Å²) >= 11 is 2.00. The van der Waals surface area contributed by atoms with Crippen molar-refractivity contribution in [2.75, 3.05) is 24.3 Å². The lowest BCUT2D eigenvalue weighted by Gasteiger charge is -2.18. The molecule has 1 unspecified atom stereocenters. The first-order chi connectivity index (χ1) is 11.0. The maximum absolute atomic E-state index is 12.3. The van der Waals surface area contributed by atoms with E-state index >= 15 is 0 Å². The second kappa shape index (κ2) is 8.33. The highest BCUT2D eigenvalue weighted by Crippen LogP contribution is 2.28. The van der Waals surface area contributed by atoms with E-state index in [1.807, 2.05) is 22.6 Å². The zero-order chi connectivity index (χ0) is 17.0. The fourth-order valence-corrected chi connectivity index (χ4v) is 3.13. The van der Waals surface area contributed by atoms with Crippen LogP contribution < -0.4 is 11.2 Å². The van der Waals surface area contributed by atoms with Crippen molar-refractivity contribution in [2.45, 2.75) is 31.0 Å². The van der Waals surface area contributed by atoms with Gasteiger partial charge >= 0.3 is 5.69 Å². The standard InChI is InChI=1S/C13H18FIN2O6/c14-1-2-22-9(4-15)7-5-17(13(21)16-12(7)20)11-3-8(19)10(6-18)23-11/h5,8-11,18-19H,1-4,6H2,(H,16,20,21)/t8-,9?,10+,11+/m0/s1. The molecule has 0 amide bonds. The van der Waals surface area contributed by atoms with E-state index in [9.17, 15) is 19.1 Å². The average Bonchev–Trinajstić information content (AvgIpc) is 2.90. The second-order valence-electron chi connectivity index (χ2n) is 5.07. The monoisotopic (exact) mass is 444 g/mol. The summed E-state index contributed by atoms with van der Waals surface area (Å²) in [6.07, 6.45) is -1.75. The van der Waals surface area contributed by atoms with Crippen molar-refractivity contribution in [3.05, 3.63) is 32.6 Å². The first-order valence-electron chi connectivity index (χ1n) is 7.05. The van der Waals surface area contributed by atoms with Crippen LogP contribution in [-0.2, 0) is 9.47 Å². The predicted octanol–water partition coefficient (Wildman–Crippen LogP) is -0.361. The summed E-state index contributed by atoms with van der Waals surface area (Å²) in [5, 5.41) is 18.9. The number of rotatable bonds is 7. The minimum absolute atomic E-state index is 0.108. The summed E-state index contributed by atoms with van der Waals surface area (Å²) in [7, 11) is 0. The van der Waals surface area contributed by atoms with E-state index in [4.69, 9.17) is 14.6 Å². The minimum Gasteiger partial charge on any atom is -0.394 e. The van der Waals surface area contributed by atoms with Crippen molar-refractivity contribution in [3.63, 3.8) is 0 Å². The van der Waals surface area contributed by atoms with Gasteiger partial charge in [0.25, 0.3) is 5.56 Å². The Morgan fingerprint density at radius 1 is 1.57 bits per heavy atom. The number of aliphatic hydroxyl groups is 2. The van der Waals surface area contributed by atoms with E-state index in [0.29, 0.717) is 4.43 Å². The first-order valence-corrected chi connectivity index (χ1v) is 8.57. The Kier molecular flexibility index (Phi) is 6.71. The Balaban J connectivity index is 2.33. The molecule has 0 spiro atoms. The van der Waals surface area contributed by atoms with Crippen LogP contribution in [0.15, 0.2) is 15.8 Å². The number of H-pyrrole nitrogens is 1. The van der Waals surface area contributed by atoms with Gasteiger partial charge in [-0.3, -0.25) is 14.3 Å². The van der Waals surface area contributed by atoms with E-state index in [1.54, 1.807) is 0 Å². The molecule has 1 aliphatic heterocycles. The van der Waals surface area contributed by atoms with Crippen molar-refractivity contribution >= 4 is 22.6 Å². The molecule has 1 aromatic heterocycles. The average molecular weight is 444 g/mol. The molecule has 10 heteroatoms. The van der Waals surface area contributed by atoms with Crippen molar-refractivity contribution in [3.8, 4) is 0 Å². The molecule has 1 aliphatic rings. The zero-order valence-corrected chi connectivity index (χ0v) is 14.3. The summed E-state index contributed by atoms with van der Waals surface area (Å²) in [5.41, 5.74) is -1.12. The molecule has 0 bridgehead atoms. The number of hydrogen-bond donors (Lipinski definition) is 3. The van der Waals surface area contributed by atoms with Crippen molar-refractivity contribution < 1.29 is 24.1 Å². The van der Waals surface area contributed by atoms with Crippen LogP contribution in [0, 0.1) is 0 Å². The molecular weight excluding hydrogens is 426 g/mol. The van der Waals surface area contributed by atoms with Crippen molar-refractivity contribution in [1.29, 1.82) is 0 Å². The number of nitrogens with one attached hydrogen (secondary N) is 1. The summed E-state index contributed by atoms with van der Waals surface area (Å²) < 4.78 is 24.5. The van der Waals surface area contributed by atoms with Crippen LogP contribution in [0.4, 0.5) is 4.39 Å². The van der Waals surface area contributed by atoms with Gasteiger partial charge in [0.15, 0.2) is 0 Å². The van der Waals surface area contributed by atoms with Crippen LogP contribution in [0.5, 0.6) is 0 Å². The molecule has 0 aromatic carbocycles. The van der Waals surface area contributed by atoms with Gasteiger partial charge in [-0.15, -0.1) is 0 Å². The highest BCUT2D eigenvalue weighted by molar-refractivity contribution is 14.1. The summed E-state index contributed by atoms with van der Waals surface area (Å²) in [6.45, 7) is -1.21. The van der Waals surface area contributed by atoms with E-state index in [2.05, 4.69) is 4.98 Å². The van der Waals surface area contributed by atoms with Crippen molar-refractivity contribution in [2.24, 2.45) is 0 Å². The van der Waals surface area contributed by atoms with E-state index in [1.165, 1.54) is 6.20 Å². The normalized spacial score (nSPS) is 25.7. The molecule has 1 aromatic rings. The molecule has 8 nitrogen and oxygen atoms in total. The van der Waals surface area contributed by atoms with Gasteiger partial charge in [-0.25, -0.2) is 9.18 Å². The first kappa shape index (κ1) is 18.5. The number of hydrogen-bond acceptors (Lipinski definition) is 6. The molecule has 4 atom stereocenters. The molecule has 23 heavy (non-hydrogen) atoms. The molecule has 1 saturated heterocycles. The predicted molar refractivity (Wildman–Crippen MR) is 86.5 cm³/mol.